The van der Waals surface area contributed by atoms with Gasteiger partial charge in [0.25, 0.3) is 5.69 Å². The maximum atomic E-state index is 10.9. The number of aromatic nitrogens is 2. The van der Waals surface area contributed by atoms with E-state index in [1.807, 2.05) is 0 Å². The Morgan fingerprint density at radius 2 is 2.10 bits per heavy atom. The fourth-order valence-corrected chi connectivity index (χ4v) is 1.62. The minimum Gasteiger partial charge on any atom is -0.478 e. The van der Waals surface area contributed by atoms with Crippen molar-refractivity contribution < 1.29 is 19.6 Å². The molecule has 0 amide bonds. The first-order valence-corrected chi connectivity index (χ1v) is 5.88. The summed E-state index contributed by atoms with van der Waals surface area (Å²) in [5, 5.41) is 19.6. The highest BCUT2D eigenvalue weighted by molar-refractivity contribution is 5.88. The molecule has 0 radical (unpaired) electrons. The summed E-state index contributed by atoms with van der Waals surface area (Å²) in [5.74, 6) is -0.891. The Hall–Kier alpha value is -3.03. The molecule has 8 heteroatoms. The number of hydrogen-bond acceptors (Lipinski definition) is 6. The number of non-ortho nitro benzene ring substituents is 1. The summed E-state index contributed by atoms with van der Waals surface area (Å²) in [6.45, 7) is 3.23. The summed E-state index contributed by atoms with van der Waals surface area (Å²) in [6.07, 6.45) is 1.13. The minimum atomic E-state index is -1.13. The third kappa shape index (κ3) is 3.11. The van der Waals surface area contributed by atoms with Gasteiger partial charge in [0.15, 0.2) is 0 Å². The highest BCUT2D eigenvalue weighted by Gasteiger charge is 2.14. The van der Waals surface area contributed by atoms with E-state index in [1.54, 1.807) is 13.0 Å². The quantitative estimate of drug-likeness (QED) is 0.678. The molecule has 1 heterocycles. The van der Waals surface area contributed by atoms with Crippen LogP contribution in [-0.2, 0) is 0 Å². The molecule has 1 N–H and O–H groups in total. The van der Waals surface area contributed by atoms with E-state index in [0.717, 1.165) is 6.20 Å². The zero-order valence-electron chi connectivity index (χ0n) is 11.2. The van der Waals surface area contributed by atoms with Gasteiger partial charge in [0, 0.05) is 12.3 Å². The number of nitrogens with zero attached hydrogens (tertiary/aromatic N) is 3. The molecule has 2 rings (SSSR count). The molecule has 8 nitrogen and oxygen atoms in total. The van der Waals surface area contributed by atoms with E-state index >= 15 is 0 Å². The highest BCUT2D eigenvalue weighted by atomic mass is 16.6. The van der Waals surface area contributed by atoms with Gasteiger partial charge in [0.1, 0.15) is 5.75 Å². The number of aryl methyl sites for hydroxylation is 2. The van der Waals surface area contributed by atoms with Gasteiger partial charge >= 0.3 is 12.0 Å². The number of carbonyl (C=O) groups is 1. The Labute approximate surface area is 119 Å². The van der Waals surface area contributed by atoms with E-state index in [1.165, 1.54) is 19.1 Å². The summed E-state index contributed by atoms with van der Waals surface area (Å²) >= 11 is 0. The van der Waals surface area contributed by atoms with Crippen LogP contribution in [0.3, 0.4) is 0 Å². The van der Waals surface area contributed by atoms with Crippen molar-refractivity contribution in [3.63, 3.8) is 0 Å². The van der Waals surface area contributed by atoms with Crippen molar-refractivity contribution in [2.45, 2.75) is 13.8 Å². The van der Waals surface area contributed by atoms with E-state index in [9.17, 15) is 14.9 Å². The first-order chi connectivity index (χ1) is 9.88. The number of hydrogen-bond donors (Lipinski definition) is 1. The van der Waals surface area contributed by atoms with Gasteiger partial charge in [0.05, 0.1) is 22.2 Å². The van der Waals surface area contributed by atoms with Gasteiger partial charge in [-0.1, -0.05) is 0 Å². The number of ether oxygens (including phenoxy) is 1. The maximum absolute atomic E-state index is 10.9. The largest absolute Gasteiger partial charge is 0.478 e. The first-order valence-electron chi connectivity index (χ1n) is 5.88. The van der Waals surface area contributed by atoms with E-state index in [0.29, 0.717) is 5.56 Å². The van der Waals surface area contributed by atoms with Crippen LogP contribution in [0.4, 0.5) is 5.69 Å². The molecule has 1 aromatic carbocycles. The number of nitro groups is 1. The van der Waals surface area contributed by atoms with Crippen LogP contribution in [0.25, 0.3) is 0 Å². The standard InChI is InChI=1S/C13H11N3O5/c1-7-3-4-9(16(19)20)5-11(7)21-13-14-6-10(12(17)18)8(2)15-13/h3-6H,1-2H3,(H,17,18). The molecule has 1 aromatic heterocycles. The SMILES string of the molecule is Cc1ccc([N+](=O)[O-])cc1Oc1ncc(C(=O)O)c(C)n1. The van der Waals surface area contributed by atoms with Gasteiger partial charge in [-0.2, -0.15) is 4.98 Å². The molecule has 0 unspecified atom stereocenters. The molecule has 0 saturated carbocycles. The summed E-state index contributed by atoms with van der Waals surface area (Å²) in [6, 6.07) is 4.11. The average Bonchev–Trinajstić information content (AvgIpc) is 2.40. The van der Waals surface area contributed by atoms with Crippen LogP contribution in [0.15, 0.2) is 24.4 Å². The Morgan fingerprint density at radius 1 is 1.38 bits per heavy atom. The third-order valence-corrected chi connectivity index (χ3v) is 2.77. The maximum Gasteiger partial charge on any atom is 0.339 e. The lowest BCUT2D eigenvalue weighted by Crippen LogP contribution is -2.04. The summed E-state index contributed by atoms with van der Waals surface area (Å²) in [4.78, 5) is 28.8. The molecule has 0 aliphatic heterocycles. The molecule has 0 aliphatic rings. The Morgan fingerprint density at radius 3 is 2.67 bits per heavy atom. The minimum absolute atomic E-state index is 0.0295. The fraction of sp³-hybridized carbons (Fsp3) is 0.154. The molecule has 21 heavy (non-hydrogen) atoms. The van der Waals surface area contributed by atoms with Gasteiger partial charge in [-0.25, -0.2) is 9.78 Å². The second-order valence-electron chi connectivity index (χ2n) is 4.27. The molecule has 0 aliphatic carbocycles. The van der Waals surface area contributed by atoms with Crippen LogP contribution in [0.1, 0.15) is 21.6 Å². The monoisotopic (exact) mass is 289 g/mol. The van der Waals surface area contributed by atoms with Crippen LogP contribution in [0.5, 0.6) is 11.8 Å². The number of carboxylic acids is 1. The van der Waals surface area contributed by atoms with E-state index < -0.39 is 10.9 Å². The van der Waals surface area contributed by atoms with Gasteiger partial charge in [-0.3, -0.25) is 10.1 Å². The predicted molar refractivity (Wildman–Crippen MR) is 71.6 cm³/mol. The predicted octanol–water partition coefficient (Wildman–Crippen LogP) is 2.49. The molecule has 0 fully saturated rings. The van der Waals surface area contributed by atoms with Crippen LogP contribution in [-0.4, -0.2) is 26.0 Å². The van der Waals surface area contributed by atoms with Crippen LogP contribution >= 0.6 is 0 Å². The van der Waals surface area contributed by atoms with Gasteiger partial charge in [0.2, 0.25) is 0 Å². The summed E-state index contributed by atoms with van der Waals surface area (Å²) < 4.78 is 5.40. The number of carboxylic acid groups (broad SMARTS) is 1. The number of aromatic carboxylic acids is 1. The van der Waals surface area contributed by atoms with Crippen molar-refractivity contribution in [2.24, 2.45) is 0 Å². The van der Waals surface area contributed by atoms with Crippen LogP contribution < -0.4 is 4.74 Å². The first kappa shape index (κ1) is 14.4. The van der Waals surface area contributed by atoms with Crippen molar-refractivity contribution >= 4 is 11.7 Å². The second-order valence-corrected chi connectivity index (χ2v) is 4.27. The average molecular weight is 289 g/mol. The number of nitro benzene ring substituents is 1. The molecule has 108 valence electrons. The number of benzene rings is 1. The number of rotatable bonds is 4. The molecular weight excluding hydrogens is 278 g/mol. The Kier molecular flexibility index (Phi) is 3.79. The van der Waals surface area contributed by atoms with E-state index in [4.69, 9.17) is 9.84 Å². The van der Waals surface area contributed by atoms with Crippen molar-refractivity contribution in [1.29, 1.82) is 0 Å². The summed E-state index contributed by atoms with van der Waals surface area (Å²) in [7, 11) is 0. The molecule has 0 atom stereocenters. The van der Waals surface area contributed by atoms with Crippen LogP contribution in [0.2, 0.25) is 0 Å². The molecular formula is C13H11N3O5. The van der Waals surface area contributed by atoms with Crippen molar-refractivity contribution in [3.05, 3.63) is 51.3 Å². The van der Waals surface area contributed by atoms with Crippen molar-refractivity contribution in [3.8, 4) is 11.8 Å². The lowest BCUT2D eigenvalue weighted by molar-refractivity contribution is -0.384. The van der Waals surface area contributed by atoms with Crippen molar-refractivity contribution in [1.82, 2.24) is 9.97 Å². The third-order valence-electron chi connectivity index (χ3n) is 2.77. The smallest absolute Gasteiger partial charge is 0.339 e. The Bertz CT molecular complexity index is 730. The molecule has 0 saturated heterocycles. The zero-order valence-corrected chi connectivity index (χ0v) is 11.2. The lowest BCUT2D eigenvalue weighted by atomic mass is 10.2. The van der Waals surface area contributed by atoms with Gasteiger partial charge in [-0.15, -0.1) is 0 Å². The second kappa shape index (κ2) is 5.53. The fourth-order valence-electron chi connectivity index (χ4n) is 1.62. The van der Waals surface area contributed by atoms with E-state index in [2.05, 4.69) is 9.97 Å². The van der Waals surface area contributed by atoms with Crippen LogP contribution in [0, 0.1) is 24.0 Å². The molecule has 2 aromatic rings. The Balaban J connectivity index is 2.34. The summed E-state index contributed by atoms with van der Waals surface area (Å²) in [5.41, 5.74) is 0.771. The van der Waals surface area contributed by atoms with E-state index in [-0.39, 0.29) is 28.7 Å². The topological polar surface area (TPSA) is 115 Å². The normalized spacial score (nSPS) is 10.2. The lowest BCUT2D eigenvalue weighted by Gasteiger charge is -2.08. The van der Waals surface area contributed by atoms with Gasteiger partial charge in [-0.05, 0) is 25.5 Å². The van der Waals surface area contributed by atoms with Crippen molar-refractivity contribution in [2.75, 3.05) is 0 Å². The van der Waals surface area contributed by atoms with Gasteiger partial charge < -0.3 is 9.84 Å². The molecule has 0 spiro atoms. The molecule has 0 bridgehead atoms. The zero-order chi connectivity index (χ0) is 15.6. The highest BCUT2D eigenvalue weighted by Crippen LogP contribution is 2.27.